The number of aryl methyl sites for hydroxylation is 1. The number of fused-ring (bicyclic) bond motifs is 1. The molecule has 0 radical (unpaired) electrons. The largest absolute Gasteiger partial charge is 0.361 e. The van der Waals surface area contributed by atoms with Gasteiger partial charge in [0.15, 0.2) is 5.78 Å². The molecular formula is C13H14N4O3. The van der Waals surface area contributed by atoms with E-state index in [1.807, 2.05) is 19.1 Å². The summed E-state index contributed by atoms with van der Waals surface area (Å²) < 4.78 is 0. The molecule has 0 aromatic heterocycles. The summed E-state index contributed by atoms with van der Waals surface area (Å²) in [7, 11) is 0. The molecule has 1 aromatic carbocycles. The smallest absolute Gasteiger partial charge is 0.268 e. The maximum Gasteiger partial charge on any atom is 0.268 e. The fourth-order valence-electron chi connectivity index (χ4n) is 2.01. The van der Waals surface area contributed by atoms with Crippen molar-refractivity contribution in [2.24, 2.45) is 0 Å². The summed E-state index contributed by atoms with van der Waals surface area (Å²) in [6.45, 7) is 1.95. The summed E-state index contributed by atoms with van der Waals surface area (Å²) in [6, 6.07) is 7.17. The van der Waals surface area contributed by atoms with Crippen LogP contribution in [-0.4, -0.2) is 24.0 Å². The molecule has 2 aliphatic rings. The van der Waals surface area contributed by atoms with Crippen molar-refractivity contribution < 1.29 is 14.5 Å². The van der Waals surface area contributed by atoms with E-state index in [0.29, 0.717) is 5.56 Å². The number of benzene rings is 1. The predicted molar refractivity (Wildman–Crippen MR) is 69.8 cm³/mol. The van der Waals surface area contributed by atoms with Gasteiger partial charge in [-0.2, -0.15) is 11.0 Å². The topological polar surface area (TPSA) is 91.5 Å². The molecule has 2 unspecified atom stereocenters. The van der Waals surface area contributed by atoms with Crippen LogP contribution in [-0.2, 0) is 9.73 Å². The minimum atomic E-state index is -0.367. The first-order valence-electron chi connectivity index (χ1n) is 6.20. The average molecular weight is 274 g/mol. The SMILES string of the molecule is Cc1ccc(C(=O)/C=C2/NC3NONC3NC2=O)cc1. The normalized spacial score (nSPS) is 26.9. The van der Waals surface area contributed by atoms with Crippen LogP contribution in [0.25, 0.3) is 0 Å². The van der Waals surface area contributed by atoms with Gasteiger partial charge >= 0.3 is 0 Å². The van der Waals surface area contributed by atoms with E-state index in [9.17, 15) is 9.59 Å². The Kier molecular flexibility index (Phi) is 3.23. The predicted octanol–water partition coefficient (Wildman–Crippen LogP) is -0.527. The maximum atomic E-state index is 12.1. The summed E-state index contributed by atoms with van der Waals surface area (Å²) in [5.74, 6) is -0.584. The van der Waals surface area contributed by atoms with Crippen LogP contribution in [0.5, 0.6) is 0 Å². The summed E-state index contributed by atoms with van der Waals surface area (Å²) in [5.41, 5.74) is 7.04. The summed E-state index contributed by atoms with van der Waals surface area (Å²) in [6.07, 6.45) is 0.606. The number of hydrogen-bond donors (Lipinski definition) is 4. The van der Waals surface area contributed by atoms with E-state index < -0.39 is 0 Å². The average Bonchev–Trinajstić information content (AvgIpc) is 2.87. The highest BCUT2D eigenvalue weighted by Crippen LogP contribution is 2.09. The fraction of sp³-hybridized carbons (Fsp3) is 0.231. The first-order valence-corrected chi connectivity index (χ1v) is 6.20. The Balaban J connectivity index is 1.78. The maximum absolute atomic E-state index is 12.1. The zero-order chi connectivity index (χ0) is 14.1. The van der Waals surface area contributed by atoms with Crippen molar-refractivity contribution in [2.45, 2.75) is 19.3 Å². The van der Waals surface area contributed by atoms with E-state index in [1.54, 1.807) is 12.1 Å². The highest BCUT2D eigenvalue weighted by atomic mass is 16.8. The van der Waals surface area contributed by atoms with Gasteiger partial charge in [-0.3, -0.25) is 9.59 Å². The van der Waals surface area contributed by atoms with Crippen molar-refractivity contribution >= 4 is 11.7 Å². The number of nitrogens with one attached hydrogen (secondary N) is 4. The molecule has 2 saturated heterocycles. The molecule has 0 spiro atoms. The number of hydrogen-bond acceptors (Lipinski definition) is 6. The molecule has 0 aliphatic carbocycles. The second kappa shape index (κ2) is 5.04. The number of ketones is 1. The van der Waals surface area contributed by atoms with Crippen molar-refractivity contribution in [3.8, 4) is 0 Å². The Morgan fingerprint density at radius 2 is 1.80 bits per heavy atom. The van der Waals surface area contributed by atoms with E-state index in [2.05, 4.69) is 21.6 Å². The number of carbonyl (C=O) groups excluding carboxylic acids is 2. The standard InChI is InChI=1S/C13H14N4O3/c1-7-2-4-8(5-3-7)10(18)6-9-13(19)15-12-11(14-9)16-20-17-12/h2-6,11-12,14,16-17H,1H3,(H,15,19)/b9-6+. The second-order valence-electron chi connectivity index (χ2n) is 4.70. The van der Waals surface area contributed by atoms with Crippen molar-refractivity contribution in [1.29, 1.82) is 0 Å². The van der Waals surface area contributed by atoms with E-state index in [0.717, 1.165) is 5.56 Å². The van der Waals surface area contributed by atoms with E-state index in [1.165, 1.54) is 6.08 Å². The molecule has 7 heteroatoms. The molecule has 104 valence electrons. The molecule has 2 aliphatic heterocycles. The quantitative estimate of drug-likeness (QED) is 0.428. The molecule has 1 aromatic rings. The molecule has 3 rings (SSSR count). The van der Waals surface area contributed by atoms with Crippen molar-refractivity contribution in [3.05, 3.63) is 47.2 Å². The molecule has 4 N–H and O–H groups in total. The molecule has 0 bridgehead atoms. The Bertz CT molecular complexity index is 582. The van der Waals surface area contributed by atoms with Gasteiger partial charge in [-0.05, 0) is 6.92 Å². The third kappa shape index (κ3) is 2.42. The molecule has 20 heavy (non-hydrogen) atoms. The molecule has 2 atom stereocenters. The van der Waals surface area contributed by atoms with Gasteiger partial charge < -0.3 is 10.6 Å². The first-order chi connectivity index (χ1) is 9.63. The monoisotopic (exact) mass is 274 g/mol. The van der Waals surface area contributed by atoms with Crippen LogP contribution in [0, 0.1) is 6.92 Å². The highest BCUT2D eigenvalue weighted by Gasteiger charge is 2.36. The van der Waals surface area contributed by atoms with Gasteiger partial charge in [-0.25, -0.2) is 4.94 Å². The van der Waals surface area contributed by atoms with Crippen molar-refractivity contribution in [3.63, 3.8) is 0 Å². The van der Waals surface area contributed by atoms with Gasteiger partial charge in [0, 0.05) is 11.6 Å². The molecule has 1 amide bonds. The number of allylic oxidation sites excluding steroid dienone is 1. The number of piperazine rings is 1. The van der Waals surface area contributed by atoms with Gasteiger partial charge in [0.1, 0.15) is 18.0 Å². The van der Waals surface area contributed by atoms with Crippen LogP contribution in [0.3, 0.4) is 0 Å². The number of hydroxylamine groups is 2. The molecule has 7 nitrogen and oxygen atoms in total. The van der Waals surface area contributed by atoms with Crippen LogP contribution in [0.15, 0.2) is 36.0 Å². The second-order valence-corrected chi connectivity index (χ2v) is 4.70. The van der Waals surface area contributed by atoms with Crippen LogP contribution in [0.4, 0.5) is 0 Å². The zero-order valence-corrected chi connectivity index (χ0v) is 10.8. The lowest BCUT2D eigenvalue weighted by Crippen LogP contribution is -2.61. The van der Waals surface area contributed by atoms with Crippen LogP contribution in [0.1, 0.15) is 15.9 Å². The van der Waals surface area contributed by atoms with Crippen LogP contribution in [0.2, 0.25) is 0 Å². The van der Waals surface area contributed by atoms with E-state index in [-0.39, 0.29) is 29.7 Å². The van der Waals surface area contributed by atoms with Crippen molar-refractivity contribution in [1.82, 2.24) is 21.6 Å². The lowest BCUT2D eigenvalue weighted by molar-refractivity contribution is -0.120. The third-order valence-electron chi connectivity index (χ3n) is 3.16. The number of amides is 1. The van der Waals surface area contributed by atoms with Gasteiger partial charge in [0.05, 0.1) is 0 Å². The fourth-order valence-corrected chi connectivity index (χ4v) is 2.01. The Morgan fingerprint density at radius 1 is 1.15 bits per heavy atom. The molecule has 2 heterocycles. The van der Waals surface area contributed by atoms with Gasteiger partial charge in [0.25, 0.3) is 5.91 Å². The third-order valence-corrected chi connectivity index (χ3v) is 3.16. The summed E-state index contributed by atoms with van der Waals surface area (Å²) in [5, 5.41) is 5.58. The first kappa shape index (κ1) is 12.8. The minimum Gasteiger partial charge on any atom is -0.361 e. The Labute approximate surface area is 115 Å². The lowest BCUT2D eigenvalue weighted by atomic mass is 10.1. The van der Waals surface area contributed by atoms with Crippen LogP contribution < -0.4 is 21.6 Å². The van der Waals surface area contributed by atoms with Crippen molar-refractivity contribution in [2.75, 3.05) is 0 Å². The number of carbonyl (C=O) groups is 2. The Hall–Kier alpha value is -2.22. The molecular weight excluding hydrogens is 260 g/mol. The highest BCUT2D eigenvalue weighted by molar-refractivity contribution is 6.09. The van der Waals surface area contributed by atoms with Gasteiger partial charge in [0.2, 0.25) is 0 Å². The van der Waals surface area contributed by atoms with E-state index in [4.69, 9.17) is 4.94 Å². The summed E-state index contributed by atoms with van der Waals surface area (Å²) >= 11 is 0. The molecule has 0 saturated carbocycles. The van der Waals surface area contributed by atoms with E-state index >= 15 is 0 Å². The minimum absolute atomic E-state index is 0.205. The van der Waals surface area contributed by atoms with Gasteiger partial charge in [-0.1, -0.05) is 29.8 Å². The number of rotatable bonds is 2. The van der Waals surface area contributed by atoms with Gasteiger partial charge in [-0.15, -0.1) is 0 Å². The lowest BCUT2D eigenvalue weighted by Gasteiger charge is -2.27. The summed E-state index contributed by atoms with van der Waals surface area (Å²) in [4.78, 5) is 28.7. The molecule has 2 fully saturated rings. The van der Waals surface area contributed by atoms with Crippen LogP contribution >= 0.6 is 0 Å². The Morgan fingerprint density at radius 3 is 2.50 bits per heavy atom. The zero-order valence-electron chi connectivity index (χ0n) is 10.8.